The van der Waals surface area contributed by atoms with Gasteiger partial charge in [0.15, 0.2) is 0 Å². The second-order valence-corrected chi connectivity index (χ2v) is 2.64. The van der Waals surface area contributed by atoms with Crippen molar-refractivity contribution in [3.8, 4) is 0 Å². The van der Waals surface area contributed by atoms with Crippen LogP contribution < -0.4 is 0 Å². The Balaban J connectivity index is 2.04. The van der Waals surface area contributed by atoms with Crippen LogP contribution in [0.2, 0.25) is 0 Å². The molecule has 11 heavy (non-hydrogen) atoms. The number of H-pyrrole nitrogens is 1. The van der Waals surface area contributed by atoms with E-state index >= 15 is 0 Å². The number of hydrogen-bond acceptors (Lipinski definition) is 2. The molecule has 58 valence electrons. The monoisotopic (exact) mass is 150 g/mol. The zero-order valence-corrected chi connectivity index (χ0v) is 6.21. The van der Waals surface area contributed by atoms with Crippen LogP contribution in [-0.2, 0) is 4.74 Å². The summed E-state index contributed by atoms with van der Waals surface area (Å²) in [5.41, 5.74) is 0. The summed E-state index contributed by atoms with van der Waals surface area (Å²) in [7, 11) is 0. The number of imidazole rings is 1. The molecule has 3 heteroatoms. The van der Waals surface area contributed by atoms with Crippen molar-refractivity contribution in [3.63, 3.8) is 0 Å². The molecule has 3 nitrogen and oxygen atoms in total. The van der Waals surface area contributed by atoms with E-state index in [2.05, 4.69) is 16.6 Å². The van der Waals surface area contributed by atoms with Crippen LogP contribution in [0, 0.1) is 6.61 Å². The van der Waals surface area contributed by atoms with Gasteiger partial charge in [-0.2, -0.15) is 0 Å². The first-order chi connectivity index (χ1) is 5.47. The van der Waals surface area contributed by atoms with E-state index in [0.29, 0.717) is 0 Å². The third-order valence-electron chi connectivity index (χ3n) is 1.81. The molecule has 1 fully saturated rings. The summed E-state index contributed by atoms with van der Waals surface area (Å²) < 4.78 is 5.10. The maximum absolute atomic E-state index is 5.10. The van der Waals surface area contributed by atoms with Gasteiger partial charge < -0.3 is 9.72 Å². The Kier molecular flexibility index (Phi) is 1.90. The fraction of sp³-hybridized carbons (Fsp3) is 0.500. The number of nitrogens with one attached hydrogen (secondary N) is 1. The SMILES string of the molecule is [C]1OCCCC1c1ncc[nH]1. The van der Waals surface area contributed by atoms with Crippen LogP contribution in [0.4, 0.5) is 0 Å². The normalized spacial score (nSPS) is 25.3. The molecule has 0 spiro atoms. The van der Waals surface area contributed by atoms with E-state index in [1.807, 2.05) is 6.20 Å². The molecule has 1 aromatic heterocycles. The Labute approximate surface area is 65.8 Å². The lowest BCUT2D eigenvalue weighted by molar-refractivity contribution is 0.138. The van der Waals surface area contributed by atoms with Gasteiger partial charge in [0.25, 0.3) is 0 Å². The van der Waals surface area contributed by atoms with Gasteiger partial charge in [-0.05, 0) is 12.8 Å². The minimum absolute atomic E-state index is 0.249. The largest absolute Gasteiger partial charge is 0.368 e. The summed E-state index contributed by atoms with van der Waals surface area (Å²) in [6, 6.07) is 0. The van der Waals surface area contributed by atoms with Gasteiger partial charge in [0.2, 0.25) is 0 Å². The number of hydrogen-bond donors (Lipinski definition) is 1. The minimum atomic E-state index is 0.249. The molecule has 0 aromatic carbocycles. The van der Waals surface area contributed by atoms with Gasteiger partial charge in [-0.25, -0.2) is 4.98 Å². The average molecular weight is 150 g/mol. The molecule has 2 rings (SSSR count). The summed E-state index contributed by atoms with van der Waals surface area (Å²) in [4.78, 5) is 7.20. The highest BCUT2D eigenvalue weighted by Crippen LogP contribution is 2.25. The first-order valence-corrected chi connectivity index (χ1v) is 3.83. The Bertz CT molecular complexity index is 202. The highest BCUT2D eigenvalue weighted by molar-refractivity contribution is 5.01. The fourth-order valence-corrected chi connectivity index (χ4v) is 1.24. The molecular weight excluding hydrogens is 140 g/mol. The molecule has 1 atom stereocenters. The van der Waals surface area contributed by atoms with Crippen molar-refractivity contribution in [1.82, 2.24) is 9.97 Å². The molecule has 0 amide bonds. The van der Waals surface area contributed by atoms with Gasteiger partial charge >= 0.3 is 0 Å². The molecule has 0 saturated carbocycles. The van der Waals surface area contributed by atoms with E-state index in [9.17, 15) is 0 Å². The molecule has 0 bridgehead atoms. The smallest absolute Gasteiger partial charge is 0.143 e. The van der Waals surface area contributed by atoms with Crippen LogP contribution in [0.1, 0.15) is 24.6 Å². The predicted molar refractivity (Wildman–Crippen MR) is 39.8 cm³/mol. The topological polar surface area (TPSA) is 37.9 Å². The number of aromatic nitrogens is 2. The molecule has 0 aliphatic carbocycles. The quantitative estimate of drug-likeness (QED) is 0.656. The van der Waals surface area contributed by atoms with Crippen LogP contribution in [0.25, 0.3) is 0 Å². The van der Waals surface area contributed by atoms with Crippen molar-refractivity contribution in [2.45, 2.75) is 18.8 Å². The average Bonchev–Trinajstić information content (AvgIpc) is 2.58. The van der Waals surface area contributed by atoms with E-state index in [1.165, 1.54) is 0 Å². The highest BCUT2D eigenvalue weighted by atomic mass is 16.5. The first-order valence-electron chi connectivity index (χ1n) is 3.83. The van der Waals surface area contributed by atoms with Crippen molar-refractivity contribution < 1.29 is 4.74 Å². The Morgan fingerprint density at radius 1 is 1.73 bits per heavy atom. The van der Waals surface area contributed by atoms with Crippen molar-refractivity contribution in [2.75, 3.05) is 6.61 Å². The Hall–Kier alpha value is -0.830. The zero-order valence-electron chi connectivity index (χ0n) is 6.21. The van der Waals surface area contributed by atoms with Gasteiger partial charge in [-0.3, -0.25) is 0 Å². The van der Waals surface area contributed by atoms with E-state index in [4.69, 9.17) is 4.74 Å². The second kappa shape index (κ2) is 3.05. The number of nitrogens with zero attached hydrogens (tertiary/aromatic N) is 1. The summed E-state index contributed by atoms with van der Waals surface area (Å²) >= 11 is 0. The lowest BCUT2D eigenvalue weighted by Gasteiger charge is -2.17. The van der Waals surface area contributed by atoms with Crippen molar-refractivity contribution in [1.29, 1.82) is 0 Å². The third-order valence-corrected chi connectivity index (χ3v) is 1.81. The maximum Gasteiger partial charge on any atom is 0.143 e. The zero-order chi connectivity index (χ0) is 7.52. The number of rotatable bonds is 1. The molecule has 1 N–H and O–H groups in total. The molecule has 1 saturated heterocycles. The maximum atomic E-state index is 5.10. The third kappa shape index (κ3) is 1.43. The lowest BCUT2D eigenvalue weighted by Crippen LogP contribution is -2.11. The van der Waals surface area contributed by atoms with Crippen LogP contribution in [0.3, 0.4) is 0 Å². The van der Waals surface area contributed by atoms with Crippen molar-refractivity contribution in [3.05, 3.63) is 24.8 Å². The van der Waals surface area contributed by atoms with Crippen LogP contribution in [0.5, 0.6) is 0 Å². The standard InChI is InChI=1S/C8H10N2O/c1-2-7(6-11-5-1)8-9-3-4-10-8/h3-4,7H,1-2,5H2,(H,9,10). The molecule has 2 heterocycles. The summed E-state index contributed by atoms with van der Waals surface area (Å²) in [5, 5.41) is 0. The number of ether oxygens (including phenoxy) is 1. The summed E-state index contributed by atoms with van der Waals surface area (Å²) in [5.74, 6) is 1.21. The molecule has 1 aliphatic heterocycles. The van der Waals surface area contributed by atoms with Crippen LogP contribution >= 0.6 is 0 Å². The number of aromatic amines is 1. The van der Waals surface area contributed by atoms with E-state index in [1.54, 1.807) is 6.20 Å². The molecule has 1 aromatic rings. The van der Waals surface area contributed by atoms with E-state index in [-0.39, 0.29) is 5.92 Å². The van der Waals surface area contributed by atoms with E-state index in [0.717, 1.165) is 25.3 Å². The van der Waals surface area contributed by atoms with Crippen molar-refractivity contribution >= 4 is 0 Å². The van der Waals surface area contributed by atoms with Gasteiger partial charge in [0.1, 0.15) is 12.4 Å². The summed E-state index contributed by atoms with van der Waals surface area (Å²) in [6.07, 6.45) is 5.77. The summed E-state index contributed by atoms with van der Waals surface area (Å²) in [6.45, 7) is 3.73. The lowest BCUT2D eigenvalue weighted by atomic mass is 10.0. The molecule has 1 unspecified atom stereocenters. The fourth-order valence-electron chi connectivity index (χ4n) is 1.24. The van der Waals surface area contributed by atoms with Gasteiger partial charge in [-0.15, -0.1) is 0 Å². The predicted octanol–water partition coefficient (Wildman–Crippen LogP) is 1.34. The highest BCUT2D eigenvalue weighted by Gasteiger charge is 2.18. The molecule has 1 aliphatic rings. The Morgan fingerprint density at radius 2 is 2.73 bits per heavy atom. The van der Waals surface area contributed by atoms with Crippen LogP contribution in [0.15, 0.2) is 12.4 Å². The second-order valence-electron chi connectivity index (χ2n) is 2.64. The molecule has 2 radical (unpaired) electrons. The first kappa shape index (κ1) is 6.85. The minimum Gasteiger partial charge on any atom is -0.368 e. The van der Waals surface area contributed by atoms with Gasteiger partial charge in [0.05, 0.1) is 5.92 Å². The van der Waals surface area contributed by atoms with Gasteiger partial charge in [0, 0.05) is 19.0 Å². The van der Waals surface area contributed by atoms with Crippen LogP contribution in [-0.4, -0.2) is 16.6 Å². The Morgan fingerprint density at radius 3 is 3.36 bits per heavy atom. The molecular formula is C8H10N2O. The van der Waals surface area contributed by atoms with E-state index < -0.39 is 0 Å². The van der Waals surface area contributed by atoms with Crippen molar-refractivity contribution in [2.24, 2.45) is 0 Å². The van der Waals surface area contributed by atoms with Gasteiger partial charge in [-0.1, -0.05) is 0 Å².